The van der Waals surface area contributed by atoms with Gasteiger partial charge in [-0.1, -0.05) is 19.1 Å². The predicted molar refractivity (Wildman–Crippen MR) is 83.8 cm³/mol. The van der Waals surface area contributed by atoms with Gasteiger partial charge in [-0.15, -0.1) is 0 Å². The molecule has 0 fully saturated rings. The maximum atomic E-state index is 13.2. The first-order valence-electron chi connectivity index (χ1n) is 7.32. The summed E-state index contributed by atoms with van der Waals surface area (Å²) < 4.78 is 15.3. The molecule has 122 valence electrons. The predicted octanol–water partition coefficient (Wildman–Crippen LogP) is 0.724. The van der Waals surface area contributed by atoms with Gasteiger partial charge in [-0.2, -0.15) is 0 Å². The highest BCUT2D eigenvalue weighted by atomic mass is 19.1. The fourth-order valence-electron chi connectivity index (χ4n) is 2.12. The smallest absolute Gasteiger partial charge is 0.331 e. The van der Waals surface area contributed by atoms with E-state index in [1.807, 2.05) is 6.92 Å². The number of carbonyl (C=O) groups excluding carboxylic acids is 1. The Hall–Kier alpha value is -2.70. The summed E-state index contributed by atoms with van der Waals surface area (Å²) >= 11 is 0. The minimum Gasteiger partial charge on any atom is -0.355 e. The summed E-state index contributed by atoms with van der Waals surface area (Å²) in [5.74, 6) is -0.794. The summed E-state index contributed by atoms with van der Waals surface area (Å²) in [5, 5.41) is 2.62. The van der Waals surface area contributed by atoms with Gasteiger partial charge in [0, 0.05) is 18.8 Å². The molecule has 0 saturated heterocycles. The van der Waals surface area contributed by atoms with Crippen LogP contribution in [0.1, 0.15) is 18.9 Å². The molecule has 2 rings (SSSR count). The Kier molecular flexibility index (Phi) is 5.46. The average Bonchev–Trinajstić information content (AvgIpc) is 2.52. The number of nitrogens with zero attached hydrogens (tertiary/aromatic N) is 2. The Morgan fingerprint density at radius 3 is 2.74 bits per heavy atom. The molecule has 0 saturated carbocycles. The van der Waals surface area contributed by atoms with Gasteiger partial charge >= 0.3 is 5.69 Å². The number of rotatable bonds is 6. The third-order valence-corrected chi connectivity index (χ3v) is 3.26. The molecule has 1 aromatic heterocycles. The van der Waals surface area contributed by atoms with E-state index in [4.69, 9.17) is 0 Å². The fourth-order valence-corrected chi connectivity index (χ4v) is 2.12. The van der Waals surface area contributed by atoms with Gasteiger partial charge in [0.25, 0.3) is 5.56 Å². The molecule has 0 aliphatic rings. The zero-order chi connectivity index (χ0) is 16.8. The lowest BCUT2D eigenvalue weighted by Gasteiger charge is -2.10. The van der Waals surface area contributed by atoms with E-state index in [-0.39, 0.29) is 13.1 Å². The van der Waals surface area contributed by atoms with E-state index in [1.54, 1.807) is 12.1 Å². The van der Waals surface area contributed by atoms with E-state index in [0.29, 0.717) is 12.1 Å². The maximum Gasteiger partial charge on any atom is 0.331 e. The average molecular weight is 319 g/mol. The molecular weight excluding hydrogens is 301 g/mol. The van der Waals surface area contributed by atoms with E-state index in [9.17, 15) is 18.8 Å². The van der Waals surface area contributed by atoms with Gasteiger partial charge in [-0.05, 0) is 24.1 Å². The van der Waals surface area contributed by atoms with E-state index in [1.165, 1.54) is 29.0 Å². The molecule has 6 nitrogen and oxygen atoms in total. The lowest BCUT2D eigenvalue weighted by Crippen LogP contribution is -2.43. The molecule has 0 bridgehead atoms. The molecule has 1 heterocycles. The van der Waals surface area contributed by atoms with Gasteiger partial charge in [-0.3, -0.25) is 18.7 Å². The Morgan fingerprint density at radius 1 is 1.26 bits per heavy atom. The molecule has 0 unspecified atom stereocenters. The van der Waals surface area contributed by atoms with E-state index < -0.39 is 23.0 Å². The number of carbonyl (C=O) groups is 1. The Balaban J connectivity index is 2.26. The monoisotopic (exact) mass is 319 g/mol. The van der Waals surface area contributed by atoms with Crippen LogP contribution < -0.4 is 16.6 Å². The van der Waals surface area contributed by atoms with Crippen LogP contribution in [0, 0.1) is 5.82 Å². The van der Waals surface area contributed by atoms with Gasteiger partial charge in [0.1, 0.15) is 12.4 Å². The van der Waals surface area contributed by atoms with Crippen molar-refractivity contribution in [1.29, 1.82) is 0 Å². The van der Waals surface area contributed by atoms with E-state index in [2.05, 4.69) is 5.32 Å². The van der Waals surface area contributed by atoms with Crippen molar-refractivity contribution in [3.05, 3.63) is 68.7 Å². The van der Waals surface area contributed by atoms with Crippen LogP contribution in [0.15, 0.2) is 46.1 Å². The molecule has 0 spiro atoms. The van der Waals surface area contributed by atoms with Crippen LogP contribution in [0.25, 0.3) is 0 Å². The fraction of sp³-hybridized carbons (Fsp3) is 0.312. The van der Waals surface area contributed by atoms with Crippen molar-refractivity contribution < 1.29 is 9.18 Å². The molecule has 0 atom stereocenters. The standard InChI is InChI=1S/C16H18FN3O3/c1-2-7-18-14(21)11-20-15(22)6-8-19(16(20)23)10-12-4-3-5-13(17)9-12/h3-6,8-9H,2,7,10-11H2,1H3,(H,18,21). The molecular formula is C16H18FN3O3. The molecule has 2 aromatic rings. The van der Waals surface area contributed by atoms with Crippen molar-refractivity contribution in [2.24, 2.45) is 0 Å². The first-order chi connectivity index (χ1) is 11.0. The molecule has 1 amide bonds. The maximum absolute atomic E-state index is 13.2. The van der Waals surface area contributed by atoms with E-state index in [0.717, 1.165) is 11.0 Å². The van der Waals surface area contributed by atoms with E-state index >= 15 is 0 Å². The minimum absolute atomic E-state index is 0.119. The molecule has 0 aliphatic heterocycles. The summed E-state index contributed by atoms with van der Waals surface area (Å²) in [4.78, 5) is 35.9. The van der Waals surface area contributed by atoms with Crippen molar-refractivity contribution in [1.82, 2.24) is 14.5 Å². The summed E-state index contributed by atoms with van der Waals surface area (Å²) in [5.41, 5.74) is -0.557. The number of benzene rings is 1. The Morgan fingerprint density at radius 2 is 2.04 bits per heavy atom. The van der Waals surface area contributed by atoms with Crippen LogP contribution in [0.4, 0.5) is 4.39 Å². The highest BCUT2D eigenvalue weighted by molar-refractivity contribution is 5.75. The zero-order valence-electron chi connectivity index (χ0n) is 12.8. The van der Waals surface area contributed by atoms with Crippen molar-refractivity contribution >= 4 is 5.91 Å². The third kappa shape index (κ3) is 4.38. The topological polar surface area (TPSA) is 73.1 Å². The number of halogens is 1. The number of aromatic nitrogens is 2. The van der Waals surface area contributed by atoms with Crippen molar-refractivity contribution in [3.8, 4) is 0 Å². The SMILES string of the molecule is CCCNC(=O)Cn1c(=O)ccn(Cc2cccc(F)c2)c1=O. The largest absolute Gasteiger partial charge is 0.355 e. The third-order valence-electron chi connectivity index (χ3n) is 3.26. The summed E-state index contributed by atoms with van der Waals surface area (Å²) in [6, 6.07) is 7.07. The second-order valence-electron chi connectivity index (χ2n) is 5.13. The lowest BCUT2D eigenvalue weighted by atomic mass is 10.2. The van der Waals surface area contributed by atoms with Gasteiger partial charge in [0.05, 0.1) is 6.54 Å². The van der Waals surface area contributed by atoms with Crippen LogP contribution in [0.5, 0.6) is 0 Å². The number of amides is 1. The van der Waals surface area contributed by atoms with Crippen molar-refractivity contribution in [2.45, 2.75) is 26.4 Å². The Labute approximate surface area is 132 Å². The molecule has 0 aliphatic carbocycles. The van der Waals surface area contributed by atoms with Gasteiger partial charge in [-0.25, -0.2) is 9.18 Å². The summed E-state index contributed by atoms with van der Waals surface area (Å²) in [6.07, 6.45) is 2.11. The molecule has 23 heavy (non-hydrogen) atoms. The van der Waals surface area contributed by atoms with Crippen molar-refractivity contribution in [2.75, 3.05) is 6.54 Å². The zero-order valence-corrected chi connectivity index (χ0v) is 12.8. The molecule has 1 aromatic carbocycles. The molecule has 1 N–H and O–H groups in total. The lowest BCUT2D eigenvalue weighted by molar-refractivity contribution is -0.121. The summed E-state index contributed by atoms with van der Waals surface area (Å²) in [6.45, 7) is 2.17. The van der Waals surface area contributed by atoms with Gasteiger partial charge in [0.2, 0.25) is 5.91 Å². The molecule has 7 heteroatoms. The van der Waals surface area contributed by atoms with Crippen LogP contribution in [-0.4, -0.2) is 21.6 Å². The first kappa shape index (κ1) is 16.7. The van der Waals surface area contributed by atoms with Gasteiger partial charge in [0.15, 0.2) is 0 Å². The minimum atomic E-state index is -0.603. The Bertz CT molecular complexity index is 811. The number of hydrogen-bond donors (Lipinski definition) is 1. The van der Waals surface area contributed by atoms with Gasteiger partial charge < -0.3 is 5.32 Å². The van der Waals surface area contributed by atoms with Crippen LogP contribution >= 0.6 is 0 Å². The van der Waals surface area contributed by atoms with Crippen molar-refractivity contribution in [3.63, 3.8) is 0 Å². The van der Waals surface area contributed by atoms with Crippen LogP contribution in [0.3, 0.4) is 0 Å². The quantitative estimate of drug-likeness (QED) is 0.853. The van der Waals surface area contributed by atoms with Crippen LogP contribution in [-0.2, 0) is 17.9 Å². The molecule has 0 radical (unpaired) electrons. The number of hydrogen-bond acceptors (Lipinski definition) is 3. The highest BCUT2D eigenvalue weighted by Crippen LogP contribution is 2.04. The normalized spacial score (nSPS) is 10.5. The van der Waals surface area contributed by atoms with Crippen LogP contribution in [0.2, 0.25) is 0 Å². The first-order valence-corrected chi connectivity index (χ1v) is 7.32. The number of nitrogens with one attached hydrogen (secondary N) is 1. The second kappa shape index (κ2) is 7.53. The summed E-state index contributed by atoms with van der Waals surface area (Å²) in [7, 11) is 0. The second-order valence-corrected chi connectivity index (χ2v) is 5.13. The highest BCUT2D eigenvalue weighted by Gasteiger charge is 2.10.